The molecule has 0 aromatic carbocycles. The summed E-state index contributed by atoms with van der Waals surface area (Å²) in [4.78, 5) is 11.0. The van der Waals surface area contributed by atoms with Gasteiger partial charge in [0.1, 0.15) is 18.0 Å². The lowest BCUT2D eigenvalue weighted by atomic mass is 10.0. The van der Waals surface area contributed by atoms with Crippen LogP contribution < -0.4 is 10.6 Å². The second-order valence-electron chi connectivity index (χ2n) is 5.74. The van der Waals surface area contributed by atoms with E-state index in [0.717, 1.165) is 36.7 Å². The first-order chi connectivity index (χ1) is 9.47. The first kappa shape index (κ1) is 16.7. The Morgan fingerprint density at radius 3 is 2.35 bits per heavy atom. The molecule has 2 N–H and O–H groups in total. The molecule has 0 saturated carbocycles. The van der Waals surface area contributed by atoms with Crippen LogP contribution in [0.15, 0.2) is 6.33 Å². The minimum atomic E-state index is 0.388. The summed E-state index contributed by atoms with van der Waals surface area (Å²) in [6, 6.07) is 0.594. The van der Waals surface area contributed by atoms with Crippen molar-refractivity contribution in [3.63, 3.8) is 0 Å². The lowest BCUT2D eigenvalue weighted by molar-refractivity contribution is 0.273. The average Bonchev–Trinajstić information content (AvgIpc) is 2.42. The van der Waals surface area contributed by atoms with Gasteiger partial charge < -0.3 is 15.5 Å². The molecule has 0 amide bonds. The van der Waals surface area contributed by atoms with Gasteiger partial charge >= 0.3 is 0 Å². The molecule has 1 aromatic heterocycles. The van der Waals surface area contributed by atoms with Crippen LogP contribution in [0, 0.1) is 0 Å². The van der Waals surface area contributed by atoms with Crippen molar-refractivity contribution < 1.29 is 0 Å². The Bertz CT molecular complexity index is 403. The fourth-order valence-corrected chi connectivity index (χ4v) is 2.08. The summed E-state index contributed by atoms with van der Waals surface area (Å²) in [6.07, 6.45) is 2.71. The smallest absolute Gasteiger partial charge is 0.134 e. The van der Waals surface area contributed by atoms with Crippen molar-refractivity contribution in [3.8, 4) is 0 Å². The average molecular weight is 279 g/mol. The van der Waals surface area contributed by atoms with Crippen molar-refractivity contribution in [1.29, 1.82) is 0 Å². The molecule has 20 heavy (non-hydrogen) atoms. The highest BCUT2D eigenvalue weighted by Gasteiger charge is 2.13. The van der Waals surface area contributed by atoms with Gasteiger partial charge in [0.05, 0.1) is 0 Å². The van der Waals surface area contributed by atoms with Gasteiger partial charge in [0, 0.05) is 25.2 Å². The lowest BCUT2D eigenvalue weighted by Crippen LogP contribution is -2.28. The Morgan fingerprint density at radius 1 is 1.15 bits per heavy atom. The summed E-state index contributed by atoms with van der Waals surface area (Å²) >= 11 is 0. The van der Waals surface area contributed by atoms with Gasteiger partial charge in [-0.15, -0.1) is 0 Å². The molecule has 5 nitrogen and oxygen atoms in total. The molecule has 0 atom stereocenters. The van der Waals surface area contributed by atoms with E-state index in [0.29, 0.717) is 12.0 Å². The summed E-state index contributed by atoms with van der Waals surface area (Å²) in [5.41, 5.74) is 1.16. The van der Waals surface area contributed by atoms with Crippen molar-refractivity contribution in [3.05, 3.63) is 11.9 Å². The largest absolute Gasteiger partial charge is 0.373 e. The van der Waals surface area contributed by atoms with Crippen LogP contribution in [-0.4, -0.2) is 48.1 Å². The van der Waals surface area contributed by atoms with E-state index in [9.17, 15) is 0 Å². The monoisotopic (exact) mass is 279 g/mol. The van der Waals surface area contributed by atoms with Gasteiger partial charge in [-0.1, -0.05) is 13.8 Å². The van der Waals surface area contributed by atoms with E-state index < -0.39 is 0 Å². The molecule has 0 unspecified atom stereocenters. The minimum absolute atomic E-state index is 0.388. The highest BCUT2D eigenvalue weighted by molar-refractivity contribution is 5.58. The van der Waals surface area contributed by atoms with E-state index >= 15 is 0 Å². The van der Waals surface area contributed by atoms with Gasteiger partial charge in [0.15, 0.2) is 0 Å². The maximum atomic E-state index is 4.38. The molecule has 0 bridgehead atoms. The summed E-state index contributed by atoms with van der Waals surface area (Å²) in [6.45, 7) is 10.8. The van der Waals surface area contributed by atoms with E-state index in [1.165, 1.54) is 0 Å². The summed E-state index contributed by atoms with van der Waals surface area (Å²) < 4.78 is 0. The highest BCUT2D eigenvalue weighted by atomic mass is 15.1. The van der Waals surface area contributed by atoms with Crippen LogP contribution in [0.4, 0.5) is 11.6 Å². The number of nitrogens with one attached hydrogen (secondary N) is 2. The predicted molar refractivity (Wildman–Crippen MR) is 86.5 cm³/mol. The molecule has 1 heterocycles. The molecule has 0 saturated heterocycles. The number of hydrogen-bond acceptors (Lipinski definition) is 5. The van der Waals surface area contributed by atoms with Crippen LogP contribution >= 0.6 is 0 Å². The van der Waals surface area contributed by atoms with Gasteiger partial charge in [-0.3, -0.25) is 0 Å². The van der Waals surface area contributed by atoms with E-state index in [-0.39, 0.29) is 0 Å². The number of nitrogens with zero attached hydrogens (tertiary/aromatic N) is 3. The molecule has 5 heteroatoms. The van der Waals surface area contributed by atoms with Crippen molar-refractivity contribution in [1.82, 2.24) is 14.9 Å². The molecule has 1 rings (SSSR count). The third kappa shape index (κ3) is 4.63. The SMILES string of the molecule is CNc1ncnc(NCCCN(C)C(C)C)c1C(C)C. The first-order valence-corrected chi connectivity index (χ1v) is 7.44. The van der Waals surface area contributed by atoms with Crippen LogP contribution in [0.5, 0.6) is 0 Å². The topological polar surface area (TPSA) is 53.1 Å². The number of hydrogen-bond donors (Lipinski definition) is 2. The molecule has 1 aromatic rings. The number of anilines is 2. The first-order valence-electron chi connectivity index (χ1n) is 7.44. The molecule has 0 aliphatic carbocycles. The van der Waals surface area contributed by atoms with Gasteiger partial charge in [-0.05, 0) is 39.8 Å². The Balaban J connectivity index is 2.60. The van der Waals surface area contributed by atoms with E-state index in [1.54, 1.807) is 6.33 Å². The molecule has 0 aliphatic rings. The van der Waals surface area contributed by atoms with Crippen LogP contribution in [0.25, 0.3) is 0 Å². The zero-order valence-corrected chi connectivity index (χ0v) is 13.7. The quantitative estimate of drug-likeness (QED) is 0.717. The predicted octanol–water partition coefficient (Wildman–Crippen LogP) is 2.78. The second kappa shape index (κ2) is 8.04. The highest BCUT2D eigenvalue weighted by Crippen LogP contribution is 2.27. The molecule has 0 radical (unpaired) electrons. The third-order valence-electron chi connectivity index (χ3n) is 3.56. The Labute approximate surface area is 123 Å². The third-order valence-corrected chi connectivity index (χ3v) is 3.56. The summed E-state index contributed by atoms with van der Waals surface area (Å²) in [7, 11) is 4.06. The van der Waals surface area contributed by atoms with Crippen LogP contribution in [0.2, 0.25) is 0 Å². The Morgan fingerprint density at radius 2 is 1.80 bits per heavy atom. The van der Waals surface area contributed by atoms with Crippen LogP contribution in [0.1, 0.15) is 45.6 Å². The van der Waals surface area contributed by atoms with Crippen LogP contribution in [-0.2, 0) is 0 Å². The van der Waals surface area contributed by atoms with Crippen LogP contribution in [0.3, 0.4) is 0 Å². The summed E-state index contributed by atoms with van der Waals surface area (Å²) in [5, 5.41) is 6.59. The minimum Gasteiger partial charge on any atom is -0.373 e. The number of aromatic nitrogens is 2. The van der Waals surface area contributed by atoms with Gasteiger partial charge in [-0.2, -0.15) is 0 Å². The van der Waals surface area contributed by atoms with Gasteiger partial charge in [0.2, 0.25) is 0 Å². The molecule has 0 spiro atoms. The maximum Gasteiger partial charge on any atom is 0.134 e. The Kier molecular flexibility index (Phi) is 6.71. The fourth-order valence-electron chi connectivity index (χ4n) is 2.08. The maximum absolute atomic E-state index is 4.38. The standard InChI is InChI=1S/C15H29N5/c1-11(2)13-14(16-5)18-10-19-15(13)17-8-7-9-20(6)12(3)4/h10-12H,7-9H2,1-6H3,(H2,16,17,18,19). The molecule has 0 aliphatic heterocycles. The van der Waals surface area contributed by atoms with Crippen molar-refractivity contribution in [2.45, 2.75) is 46.1 Å². The van der Waals surface area contributed by atoms with Crippen molar-refractivity contribution >= 4 is 11.6 Å². The van der Waals surface area contributed by atoms with E-state index in [2.05, 4.69) is 60.2 Å². The van der Waals surface area contributed by atoms with Crippen molar-refractivity contribution in [2.75, 3.05) is 37.8 Å². The normalized spacial score (nSPS) is 11.4. The zero-order valence-electron chi connectivity index (χ0n) is 13.7. The van der Waals surface area contributed by atoms with E-state index in [4.69, 9.17) is 0 Å². The molecule has 114 valence electrons. The van der Waals surface area contributed by atoms with Crippen molar-refractivity contribution in [2.24, 2.45) is 0 Å². The molecular formula is C15H29N5. The Hall–Kier alpha value is -1.36. The zero-order chi connectivity index (χ0) is 15.1. The number of rotatable bonds is 8. The molecule has 0 fully saturated rings. The van der Waals surface area contributed by atoms with Gasteiger partial charge in [0.25, 0.3) is 0 Å². The second-order valence-corrected chi connectivity index (χ2v) is 5.74. The lowest BCUT2D eigenvalue weighted by Gasteiger charge is -2.21. The summed E-state index contributed by atoms with van der Waals surface area (Å²) in [5.74, 6) is 2.25. The fraction of sp³-hybridized carbons (Fsp3) is 0.733. The molecular weight excluding hydrogens is 250 g/mol. The van der Waals surface area contributed by atoms with Gasteiger partial charge in [-0.25, -0.2) is 9.97 Å². The van der Waals surface area contributed by atoms with E-state index in [1.807, 2.05) is 7.05 Å².